The molecule has 0 spiro atoms. The molecule has 2 saturated heterocycles. The lowest BCUT2D eigenvalue weighted by Gasteiger charge is -2.35. The highest BCUT2D eigenvalue weighted by molar-refractivity contribution is 5.82. The number of nitrogens with one attached hydrogen (secondary N) is 2. The highest BCUT2D eigenvalue weighted by atomic mass is 16.5. The van der Waals surface area contributed by atoms with Crippen molar-refractivity contribution in [1.82, 2.24) is 20.7 Å². The van der Waals surface area contributed by atoms with Gasteiger partial charge in [0.05, 0.1) is 6.61 Å². The first-order valence-electron chi connectivity index (χ1n) is 9.65. The number of nitrogens with zero attached hydrogens (tertiary/aromatic N) is 2. The molecule has 3 atom stereocenters. The number of aromatic nitrogens is 1. The first-order valence-corrected chi connectivity index (χ1v) is 9.65. The molecule has 1 aliphatic carbocycles. The average Bonchev–Trinajstić information content (AvgIpc) is 3.11. The van der Waals surface area contributed by atoms with Crippen molar-refractivity contribution in [2.75, 3.05) is 19.7 Å². The number of rotatable bonds is 4. The minimum Gasteiger partial charge on any atom is -0.477 e. The summed E-state index contributed by atoms with van der Waals surface area (Å²) in [6.07, 6.45) is 8.64. The molecule has 25 heavy (non-hydrogen) atoms. The van der Waals surface area contributed by atoms with Crippen molar-refractivity contribution < 1.29 is 9.53 Å². The second kappa shape index (κ2) is 7.70. The van der Waals surface area contributed by atoms with Crippen LogP contribution >= 0.6 is 0 Å². The van der Waals surface area contributed by atoms with Crippen LogP contribution in [0, 0.1) is 11.8 Å². The molecule has 0 aromatic carbocycles. The Morgan fingerprint density at radius 3 is 2.80 bits per heavy atom. The summed E-state index contributed by atoms with van der Waals surface area (Å²) in [4.78, 5) is 19.2. The Labute approximate surface area is 149 Å². The van der Waals surface area contributed by atoms with E-state index >= 15 is 0 Å². The summed E-state index contributed by atoms with van der Waals surface area (Å²) >= 11 is 0. The number of likely N-dealkylation sites (tertiary alicyclic amines) is 1. The summed E-state index contributed by atoms with van der Waals surface area (Å²) in [5.41, 5.74) is 6.63. The highest BCUT2D eigenvalue weighted by Crippen LogP contribution is 2.31. The highest BCUT2D eigenvalue weighted by Gasteiger charge is 2.42. The van der Waals surface area contributed by atoms with Crippen LogP contribution in [0.15, 0.2) is 24.4 Å². The van der Waals surface area contributed by atoms with Crippen LogP contribution in [0.5, 0.6) is 5.88 Å². The van der Waals surface area contributed by atoms with Gasteiger partial charge >= 0.3 is 0 Å². The molecular formula is C19H28N4O2. The van der Waals surface area contributed by atoms with Crippen LogP contribution in [-0.2, 0) is 4.79 Å². The van der Waals surface area contributed by atoms with Crippen molar-refractivity contribution in [2.24, 2.45) is 11.8 Å². The molecule has 1 aromatic rings. The molecule has 1 aromatic heterocycles. The molecule has 0 radical (unpaired) electrons. The van der Waals surface area contributed by atoms with Gasteiger partial charge in [0.25, 0.3) is 0 Å². The number of carbonyl (C=O) groups is 1. The van der Waals surface area contributed by atoms with Crippen LogP contribution in [0.3, 0.4) is 0 Å². The molecule has 4 rings (SSSR count). The second-order valence-electron chi connectivity index (χ2n) is 7.57. The van der Waals surface area contributed by atoms with E-state index in [-0.39, 0.29) is 11.9 Å². The summed E-state index contributed by atoms with van der Waals surface area (Å²) in [6.45, 7) is 2.36. The number of amides is 1. The molecule has 136 valence electrons. The van der Waals surface area contributed by atoms with E-state index in [0.29, 0.717) is 30.4 Å². The van der Waals surface area contributed by atoms with Gasteiger partial charge in [-0.1, -0.05) is 18.9 Å². The van der Waals surface area contributed by atoms with E-state index < -0.39 is 0 Å². The number of hydrogen-bond donors (Lipinski definition) is 2. The minimum absolute atomic E-state index is 0.0355. The van der Waals surface area contributed by atoms with Gasteiger partial charge < -0.3 is 9.64 Å². The second-order valence-corrected chi connectivity index (χ2v) is 7.57. The topological polar surface area (TPSA) is 66.5 Å². The number of ether oxygens (including phenoxy) is 1. The lowest BCUT2D eigenvalue weighted by molar-refractivity contribution is -0.135. The van der Waals surface area contributed by atoms with Gasteiger partial charge in [-0.25, -0.2) is 10.4 Å². The Kier molecular flexibility index (Phi) is 5.17. The predicted molar refractivity (Wildman–Crippen MR) is 94.8 cm³/mol. The molecule has 2 aliphatic heterocycles. The van der Waals surface area contributed by atoms with Gasteiger partial charge in [0.2, 0.25) is 11.8 Å². The average molecular weight is 344 g/mol. The number of hydrazine groups is 1. The first-order chi connectivity index (χ1) is 12.3. The van der Waals surface area contributed by atoms with E-state index in [1.165, 1.54) is 19.3 Å². The third kappa shape index (κ3) is 3.80. The van der Waals surface area contributed by atoms with Crippen LogP contribution < -0.4 is 15.6 Å². The number of piperidine rings is 1. The van der Waals surface area contributed by atoms with E-state index in [1.807, 2.05) is 23.1 Å². The van der Waals surface area contributed by atoms with E-state index in [9.17, 15) is 4.79 Å². The van der Waals surface area contributed by atoms with Crippen molar-refractivity contribution in [3.8, 4) is 5.88 Å². The Hall–Kier alpha value is -1.66. The van der Waals surface area contributed by atoms with Gasteiger partial charge in [0.1, 0.15) is 6.04 Å². The summed E-state index contributed by atoms with van der Waals surface area (Å²) < 4.78 is 5.77. The van der Waals surface area contributed by atoms with E-state index in [2.05, 4.69) is 15.8 Å². The summed E-state index contributed by atoms with van der Waals surface area (Å²) in [5.74, 6) is 1.94. The fraction of sp³-hybridized carbons (Fsp3) is 0.684. The molecular weight excluding hydrogens is 316 g/mol. The Bertz CT molecular complexity index is 574. The molecule has 3 heterocycles. The molecule has 6 nitrogen and oxygen atoms in total. The number of fused-ring (bicyclic) bond motifs is 1. The number of pyridine rings is 1. The Morgan fingerprint density at radius 2 is 2.00 bits per heavy atom. The summed E-state index contributed by atoms with van der Waals surface area (Å²) in [5, 5.41) is 0. The monoisotopic (exact) mass is 344 g/mol. The van der Waals surface area contributed by atoms with Gasteiger partial charge in [-0.2, -0.15) is 0 Å². The Balaban J connectivity index is 1.25. The largest absolute Gasteiger partial charge is 0.477 e. The maximum absolute atomic E-state index is 12.9. The van der Waals surface area contributed by atoms with Crippen LogP contribution in [0.4, 0.5) is 0 Å². The fourth-order valence-corrected chi connectivity index (χ4v) is 4.44. The normalized spacial score (nSPS) is 30.1. The fourth-order valence-electron chi connectivity index (χ4n) is 4.44. The van der Waals surface area contributed by atoms with Crippen molar-refractivity contribution in [1.29, 1.82) is 0 Å². The quantitative estimate of drug-likeness (QED) is 0.871. The number of hydrogen-bond acceptors (Lipinski definition) is 5. The lowest BCUT2D eigenvalue weighted by atomic mass is 9.81. The van der Waals surface area contributed by atoms with Crippen molar-refractivity contribution >= 4 is 5.91 Å². The zero-order valence-corrected chi connectivity index (χ0v) is 14.7. The first kappa shape index (κ1) is 16.8. The SMILES string of the molecule is O=C(C1NNC2CCCCC21)N1CCC(COc2ccccn2)CC1. The molecule has 3 fully saturated rings. The summed E-state index contributed by atoms with van der Waals surface area (Å²) in [7, 11) is 0. The van der Waals surface area contributed by atoms with Crippen LogP contribution in [0.2, 0.25) is 0 Å². The van der Waals surface area contributed by atoms with Crippen LogP contribution in [-0.4, -0.2) is 47.6 Å². The number of carbonyl (C=O) groups excluding carboxylic acids is 1. The summed E-state index contributed by atoms with van der Waals surface area (Å²) in [6, 6.07) is 6.15. The zero-order valence-electron chi connectivity index (χ0n) is 14.7. The Morgan fingerprint density at radius 1 is 1.16 bits per heavy atom. The van der Waals surface area contributed by atoms with Crippen molar-refractivity contribution in [2.45, 2.75) is 50.6 Å². The van der Waals surface area contributed by atoms with E-state index in [0.717, 1.165) is 32.4 Å². The molecule has 3 unspecified atom stereocenters. The molecule has 3 aliphatic rings. The third-order valence-corrected chi connectivity index (χ3v) is 5.97. The van der Waals surface area contributed by atoms with Gasteiger partial charge in [-0.15, -0.1) is 0 Å². The van der Waals surface area contributed by atoms with Crippen LogP contribution in [0.1, 0.15) is 38.5 Å². The smallest absolute Gasteiger partial charge is 0.241 e. The third-order valence-electron chi connectivity index (χ3n) is 5.97. The molecule has 1 saturated carbocycles. The maximum Gasteiger partial charge on any atom is 0.241 e. The zero-order chi connectivity index (χ0) is 17.1. The van der Waals surface area contributed by atoms with Crippen LogP contribution in [0.25, 0.3) is 0 Å². The molecule has 0 bridgehead atoms. The predicted octanol–water partition coefficient (Wildman–Crippen LogP) is 1.73. The van der Waals surface area contributed by atoms with Gasteiger partial charge in [0, 0.05) is 37.3 Å². The molecule has 6 heteroatoms. The van der Waals surface area contributed by atoms with E-state index in [4.69, 9.17) is 4.74 Å². The molecule has 1 amide bonds. The van der Waals surface area contributed by atoms with Gasteiger partial charge in [-0.05, 0) is 37.7 Å². The standard InChI is InChI=1S/C19H28N4O2/c24-19(18-15-5-1-2-6-16(15)21-22-18)23-11-8-14(9-12-23)13-25-17-7-3-4-10-20-17/h3-4,7,10,14-16,18,21-22H,1-2,5-6,8-9,11-13H2. The minimum atomic E-state index is -0.0355. The molecule has 2 N–H and O–H groups in total. The van der Waals surface area contributed by atoms with E-state index in [1.54, 1.807) is 6.20 Å². The van der Waals surface area contributed by atoms with Crippen molar-refractivity contribution in [3.63, 3.8) is 0 Å². The lowest BCUT2D eigenvalue weighted by Crippen LogP contribution is -2.50. The van der Waals surface area contributed by atoms with Crippen molar-refractivity contribution in [3.05, 3.63) is 24.4 Å². The van der Waals surface area contributed by atoms with Gasteiger partial charge in [0.15, 0.2) is 0 Å². The van der Waals surface area contributed by atoms with Gasteiger partial charge in [-0.3, -0.25) is 10.2 Å². The maximum atomic E-state index is 12.9.